The third kappa shape index (κ3) is 5.70. The van der Waals surface area contributed by atoms with Crippen LogP contribution >= 0.6 is 0 Å². The molecule has 0 bridgehead atoms. The molecule has 0 aromatic carbocycles. The third-order valence-corrected chi connectivity index (χ3v) is 4.67. The van der Waals surface area contributed by atoms with E-state index >= 15 is 0 Å². The molecule has 2 fully saturated rings. The molecule has 2 saturated heterocycles. The summed E-state index contributed by atoms with van der Waals surface area (Å²) in [5.74, 6) is 0.0914. The van der Waals surface area contributed by atoms with Gasteiger partial charge in [0.05, 0.1) is 13.2 Å². The Morgan fingerprint density at radius 1 is 1.11 bits per heavy atom. The van der Waals surface area contributed by atoms with Crippen molar-refractivity contribution in [2.24, 2.45) is 0 Å². The number of pyridine rings is 1. The van der Waals surface area contributed by atoms with Crippen molar-refractivity contribution in [2.45, 2.75) is 18.8 Å². The van der Waals surface area contributed by atoms with E-state index in [1.165, 1.54) is 0 Å². The van der Waals surface area contributed by atoms with Crippen LogP contribution in [0.15, 0.2) is 18.3 Å². The van der Waals surface area contributed by atoms with Crippen LogP contribution in [0.1, 0.15) is 5.56 Å². The number of hydrogen-bond donors (Lipinski definition) is 2. The van der Waals surface area contributed by atoms with Gasteiger partial charge in [0, 0.05) is 38.9 Å². The van der Waals surface area contributed by atoms with Crippen molar-refractivity contribution in [2.75, 3.05) is 58.8 Å². The summed E-state index contributed by atoms with van der Waals surface area (Å²) in [6.45, 7) is 4.22. The van der Waals surface area contributed by atoms with Gasteiger partial charge in [0.15, 0.2) is 0 Å². The fourth-order valence-corrected chi connectivity index (χ4v) is 3.04. The maximum Gasteiger partial charge on any atom is 0.255 e. The summed E-state index contributed by atoms with van der Waals surface area (Å²) >= 11 is 0. The van der Waals surface area contributed by atoms with Crippen molar-refractivity contribution in [3.05, 3.63) is 23.9 Å². The van der Waals surface area contributed by atoms with E-state index in [-0.39, 0.29) is 11.8 Å². The lowest BCUT2D eigenvalue weighted by atomic mass is 10.2. The largest absolute Gasteiger partial charge is 0.366 e. The molecular weight excluding hydrogens is 350 g/mol. The van der Waals surface area contributed by atoms with Gasteiger partial charge in [-0.2, -0.15) is 0 Å². The number of ether oxygens (including phenoxy) is 2. The predicted octanol–water partition coefficient (Wildman–Crippen LogP) is -0.702. The monoisotopic (exact) mass is 377 g/mol. The third-order valence-electron chi connectivity index (χ3n) is 4.67. The van der Waals surface area contributed by atoms with E-state index in [4.69, 9.17) is 9.47 Å². The van der Waals surface area contributed by atoms with Gasteiger partial charge >= 0.3 is 0 Å². The van der Waals surface area contributed by atoms with Crippen LogP contribution in [0.4, 0.5) is 5.82 Å². The average Bonchev–Trinajstić information content (AvgIpc) is 2.66. The predicted molar refractivity (Wildman–Crippen MR) is 99.2 cm³/mol. The second-order valence-corrected chi connectivity index (χ2v) is 7.00. The lowest BCUT2D eigenvalue weighted by Crippen LogP contribution is -2.48. The van der Waals surface area contributed by atoms with E-state index in [1.54, 1.807) is 18.3 Å². The van der Waals surface area contributed by atoms with Gasteiger partial charge in [-0.05, 0) is 31.8 Å². The number of carbonyl (C=O) groups excluding carboxylic acids is 2. The number of nitrogens with zero attached hydrogens (tertiary/aromatic N) is 3. The van der Waals surface area contributed by atoms with E-state index < -0.39 is 12.2 Å². The van der Waals surface area contributed by atoms with Crippen LogP contribution in [0.5, 0.6) is 0 Å². The van der Waals surface area contributed by atoms with Gasteiger partial charge < -0.3 is 29.9 Å². The number of hydrogen-bond acceptors (Lipinski definition) is 7. The molecule has 2 amide bonds. The normalized spacial score (nSPS) is 24.4. The van der Waals surface area contributed by atoms with E-state index in [0.717, 1.165) is 18.7 Å². The molecule has 3 rings (SSSR count). The Morgan fingerprint density at radius 2 is 1.74 bits per heavy atom. The highest BCUT2D eigenvalue weighted by Gasteiger charge is 2.26. The minimum atomic E-state index is -0.505. The molecule has 27 heavy (non-hydrogen) atoms. The maximum absolute atomic E-state index is 12.3. The molecule has 2 atom stereocenters. The molecule has 2 aliphatic rings. The fraction of sp³-hybridized carbons (Fsp3) is 0.611. The number of carbonyl (C=O) groups is 2. The van der Waals surface area contributed by atoms with Gasteiger partial charge in [0.2, 0.25) is 0 Å². The van der Waals surface area contributed by atoms with Gasteiger partial charge in [-0.3, -0.25) is 9.59 Å². The van der Waals surface area contributed by atoms with Crippen molar-refractivity contribution in [3.63, 3.8) is 0 Å². The lowest BCUT2D eigenvalue weighted by Gasteiger charge is -2.29. The van der Waals surface area contributed by atoms with Crippen molar-refractivity contribution in [1.82, 2.24) is 20.1 Å². The van der Waals surface area contributed by atoms with E-state index in [0.29, 0.717) is 38.7 Å². The van der Waals surface area contributed by atoms with Crippen LogP contribution < -0.4 is 10.6 Å². The second-order valence-electron chi connectivity index (χ2n) is 7.00. The molecular formula is C18H27N5O4. The van der Waals surface area contributed by atoms with Crippen LogP contribution in [0.25, 0.3) is 0 Å². The molecule has 3 heterocycles. The molecule has 2 aliphatic heterocycles. The average molecular weight is 377 g/mol. The van der Waals surface area contributed by atoms with Crippen molar-refractivity contribution in [3.8, 4) is 0 Å². The molecule has 1 aromatic rings. The quantitative estimate of drug-likeness (QED) is 0.700. The van der Waals surface area contributed by atoms with E-state index in [1.807, 2.05) is 14.1 Å². The standard InChI is InChI=1S/C18H27N5O4/c1-22-5-7-26-14(11-22)17(24)20-10-13-3-4-19-16(9-13)21-18(25)15-12-23(2)6-8-27-15/h3-4,9,14-15H,5-8,10-12H2,1-2H3,(H,20,24)(H,19,21,25). The number of morpholine rings is 2. The Morgan fingerprint density at radius 3 is 2.37 bits per heavy atom. The number of rotatable bonds is 5. The number of likely N-dealkylation sites (N-methyl/N-ethyl adjacent to an activating group) is 2. The van der Waals surface area contributed by atoms with E-state index in [2.05, 4.69) is 25.4 Å². The highest BCUT2D eigenvalue weighted by molar-refractivity contribution is 5.93. The van der Waals surface area contributed by atoms with Crippen LogP contribution in [-0.4, -0.2) is 92.3 Å². The van der Waals surface area contributed by atoms with Crippen LogP contribution in [-0.2, 0) is 25.6 Å². The highest BCUT2D eigenvalue weighted by atomic mass is 16.5. The summed E-state index contributed by atoms with van der Waals surface area (Å²) in [6, 6.07) is 3.55. The summed E-state index contributed by atoms with van der Waals surface area (Å²) in [5, 5.41) is 5.66. The molecule has 2 unspecified atom stereocenters. The lowest BCUT2D eigenvalue weighted by molar-refractivity contribution is -0.138. The first-order chi connectivity index (χ1) is 13.0. The summed E-state index contributed by atoms with van der Waals surface area (Å²) < 4.78 is 11.0. The first kappa shape index (κ1) is 19.7. The maximum atomic E-state index is 12.3. The molecule has 0 radical (unpaired) electrons. The Bertz CT molecular complexity index is 671. The summed E-state index contributed by atoms with van der Waals surface area (Å²) in [7, 11) is 3.92. The topological polar surface area (TPSA) is 96.0 Å². The summed E-state index contributed by atoms with van der Waals surface area (Å²) in [6.07, 6.45) is 0.648. The Hall–Kier alpha value is -2.07. The number of aromatic nitrogens is 1. The number of nitrogens with one attached hydrogen (secondary N) is 2. The first-order valence-corrected chi connectivity index (χ1v) is 9.15. The van der Waals surface area contributed by atoms with E-state index in [9.17, 15) is 9.59 Å². The summed E-state index contributed by atoms with van der Waals surface area (Å²) in [4.78, 5) is 32.9. The Labute approximate surface area is 159 Å². The fourth-order valence-electron chi connectivity index (χ4n) is 3.04. The van der Waals surface area contributed by atoms with Crippen LogP contribution in [0.2, 0.25) is 0 Å². The summed E-state index contributed by atoms with van der Waals surface area (Å²) in [5.41, 5.74) is 0.847. The molecule has 148 valence electrons. The SMILES string of the molecule is CN1CCOC(C(=O)NCc2ccnc(NC(=O)C3CN(C)CCO3)c2)C1. The minimum absolute atomic E-state index is 0.136. The smallest absolute Gasteiger partial charge is 0.255 e. The number of amides is 2. The van der Waals surface area contributed by atoms with Gasteiger partial charge in [-0.15, -0.1) is 0 Å². The Kier molecular flexibility index (Phi) is 6.73. The molecule has 1 aromatic heterocycles. The number of anilines is 1. The molecule has 2 N–H and O–H groups in total. The zero-order valence-corrected chi connectivity index (χ0v) is 15.8. The van der Waals surface area contributed by atoms with Crippen molar-refractivity contribution < 1.29 is 19.1 Å². The highest BCUT2D eigenvalue weighted by Crippen LogP contribution is 2.10. The molecule has 9 nitrogen and oxygen atoms in total. The van der Waals surface area contributed by atoms with Gasteiger partial charge in [-0.1, -0.05) is 0 Å². The zero-order chi connectivity index (χ0) is 19.2. The van der Waals surface area contributed by atoms with Crippen LogP contribution in [0.3, 0.4) is 0 Å². The minimum Gasteiger partial charge on any atom is -0.366 e. The second kappa shape index (κ2) is 9.23. The molecule has 9 heteroatoms. The first-order valence-electron chi connectivity index (χ1n) is 9.15. The van der Waals surface area contributed by atoms with Gasteiger partial charge in [-0.25, -0.2) is 4.98 Å². The molecule has 0 saturated carbocycles. The molecule has 0 aliphatic carbocycles. The van der Waals surface area contributed by atoms with Crippen molar-refractivity contribution >= 4 is 17.6 Å². The van der Waals surface area contributed by atoms with Gasteiger partial charge in [0.1, 0.15) is 18.0 Å². The van der Waals surface area contributed by atoms with Crippen LogP contribution in [0, 0.1) is 0 Å². The Balaban J connectivity index is 1.51. The molecule has 0 spiro atoms. The van der Waals surface area contributed by atoms with Gasteiger partial charge in [0.25, 0.3) is 11.8 Å². The van der Waals surface area contributed by atoms with Crippen molar-refractivity contribution in [1.29, 1.82) is 0 Å². The zero-order valence-electron chi connectivity index (χ0n) is 15.8.